The van der Waals surface area contributed by atoms with Crippen LogP contribution in [0.2, 0.25) is 0 Å². The van der Waals surface area contributed by atoms with Gasteiger partial charge in [-0.2, -0.15) is 0 Å². The standard InChI is InChI=1S/C9H15NO4S/c11-9(12)5-8(6-1-2-6)10-15(13,14)7-3-4-7/h6-8,10H,1-5H2,(H,11,12). The van der Waals surface area contributed by atoms with Crippen molar-refractivity contribution in [1.29, 1.82) is 0 Å². The summed E-state index contributed by atoms with van der Waals surface area (Å²) in [5.41, 5.74) is 0. The second-order valence-electron chi connectivity index (χ2n) is 4.40. The van der Waals surface area contributed by atoms with Gasteiger partial charge in [-0.05, 0) is 31.6 Å². The summed E-state index contributed by atoms with van der Waals surface area (Å²) in [7, 11) is -3.25. The van der Waals surface area contributed by atoms with Crippen LogP contribution >= 0.6 is 0 Å². The molecule has 5 nitrogen and oxygen atoms in total. The molecule has 6 heteroatoms. The van der Waals surface area contributed by atoms with E-state index >= 15 is 0 Å². The van der Waals surface area contributed by atoms with Crippen molar-refractivity contribution in [3.8, 4) is 0 Å². The van der Waals surface area contributed by atoms with Crippen LogP contribution in [0.5, 0.6) is 0 Å². The normalized spacial score (nSPS) is 23.7. The van der Waals surface area contributed by atoms with Crippen molar-refractivity contribution in [1.82, 2.24) is 4.72 Å². The summed E-state index contributed by atoms with van der Waals surface area (Å²) < 4.78 is 25.8. The maximum absolute atomic E-state index is 11.6. The first-order chi connectivity index (χ1) is 6.99. The van der Waals surface area contributed by atoms with Gasteiger partial charge in [0.1, 0.15) is 0 Å². The molecule has 1 unspecified atom stereocenters. The average Bonchev–Trinajstić information content (AvgIpc) is 2.97. The summed E-state index contributed by atoms with van der Waals surface area (Å²) in [4.78, 5) is 10.6. The molecule has 0 amide bonds. The molecule has 2 N–H and O–H groups in total. The Hall–Kier alpha value is -0.620. The molecular formula is C9H15NO4S. The first-order valence-electron chi connectivity index (χ1n) is 5.22. The Morgan fingerprint density at radius 3 is 2.33 bits per heavy atom. The smallest absolute Gasteiger partial charge is 0.304 e. The molecule has 0 aromatic heterocycles. The molecule has 0 aromatic carbocycles. The van der Waals surface area contributed by atoms with Crippen LogP contribution in [0, 0.1) is 5.92 Å². The van der Waals surface area contributed by atoms with Crippen LogP contribution in [0.25, 0.3) is 0 Å². The van der Waals surface area contributed by atoms with E-state index in [1.165, 1.54) is 0 Å². The van der Waals surface area contributed by atoms with Gasteiger partial charge in [0.2, 0.25) is 10.0 Å². The van der Waals surface area contributed by atoms with E-state index in [9.17, 15) is 13.2 Å². The van der Waals surface area contributed by atoms with Gasteiger partial charge in [0.25, 0.3) is 0 Å². The molecule has 1 atom stereocenters. The molecule has 2 fully saturated rings. The molecule has 0 radical (unpaired) electrons. The topological polar surface area (TPSA) is 83.5 Å². The lowest BCUT2D eigenvalue weighted by molar-refractivity contribution is -0.137. The monoisotopic (exact) mass is 233 g/mol. The second kappa shape index (κ2) is 3.75. The third-order valence-electron chi connectivity index (χ3n) is 2.86. The number of sulfonamides is 1. The fourth-order valence-electron chi connectivity index (χ4n) is 1.68. The molecule has 86 valence electrons. The van der Waals surface area contributed by atoms with Crippen molar-refractivity contribution in [2.24, 2.45) is 5.92 Å². The highest BCUT2D eigenvalue weighted by Gasteiger charge is 2.41. The van der Waals surface area contributed by atoms with E-state index in [1.54, 1.807) is 0 Å². The van der Waals surface area contributed by atoms with Crippen LogP contribution in [0.15, 0.2) is 0 Å². The average molecular weight is 233 g/mol. The molecule has 0 heterocycles. The van der Waals surface area contributed by atoms with Crippen molar-refractivity contribution < 1.29 is 18.3 Å². The first-order valence-corrected chi connectivity index (χ1v) is 6.76. The molecule has 0 spiro atoms. The summed E-state index contributed by atoms with van der Waals surface area (Å²) in [6, 6.07) is -0.395. The highest BCUT2D eigenvalue weighted by molar-refractivity contribution is 7.90. The van der Waals surface area contributed by atoms with Crippen LogP contribution in [0.4, 0.5) is 0 Å². The molecule has 15 heavy (non-hydrogen) atoms. The molecule has 0 saturated heterocycles. The summed E-state index contributed by atoms with van der Waals surface area (Å²) in [6.07, 6.45) is 3.19. The summed E-state index contributed by atoms with van der Waals surface area (Å²) in [5, 5.41) is 8.41. The van der Waals surface area contributed by atoms with Crippen LogP contribution in [-0.2, 0) is 14.8 Å². The lowest BCUT2D eigenvalue weighted by Crippen LogP contribution is -2.39. The van der Waals surface area contributed by atoms with E-state index in [1.807, 2.05) is 0 Å². The number of rotatable bonds is 6. The first kappa shape index (κ1) is 10.9. The third kappa shape index (κ3) is 2.92. The summed E-state index contributed by atoms with van der Waals surface area (Å²) in [5.74, 6) is -0.708. The molecule has 0 aromatic rings. The van der Waals surface area contributed by atoms with E-state index < -0.39 is 22.0 Å². The molecule has 0 aliphatic heterocycles. The molecule has 2 aliphatic rings. The Bertz CT molecular complexity index is 356. The molecule has 2 aliphatic carbocycles. The van der Waals surface area contributed by atoms with Crippen molar-refractivity contribution in [2.75, 3.05) is 0 Å². The van der Waals surface area contributed by atoms with Gasteiger partial charge in [0, 0.05) is 6.04 Å². The fraction of sp³-hybridized carbons (Fsp3) is 0.889. The number of hydrogen-bond acceptors (Lipinski definition) is 3. The van der Waals surface area contributed by atoms with E-state index in [0.29, 0.717) is 12.8 Å². The van der Waals surface area contributed by atoms with E-state index in [-0.39, 0.29) is 17.6 Å². The third-order valence-corrected chi connectivity index (χ3v) is 4.84. The fourth-order valence-corrected chi connectivity index (χ4v) is 3.32. The quantitative estimate of drug-likeness (QED) is 0.692. The van der Waals surface area contributed by atoms with Gasteiger partial charge in [-0.1, -0.05) is 0 Å². The number of nitrogens with one attached hydrogen (secondary N) is 1. The largest absolute Gasteiger partial charge is 0.481 e. The van der Waals surface area contributed by atoms with Crippen LogP contribution in [0.1, 0.15) is 32.1 Å². The minimum Gasteiger partial charge on any atom is -0.481 e. The van der Waals surface area contributed by atoms with E-state index in [2.05, 4.69) is 4.72 Å². The molecular weight excluding hydrogens is 218 g/mol. The van der Waals surface area contributed by atoms with Gasteiger partial charge in [0.15, 0.2) is 0 Å². The Morgan fingerprint density at radius 1 is 1.33 bits per heavy atom. The minimum absolute atomic E-state index is 0.101. The summed E-state index contributed by atoms with van der Waals surface area (Å²) >= 11 is 0. The lowest BCUT2D eigenvalue weighted by Gasteiger charge is -2.15. The highest BCUT2D eigenvalue weighted by atomic mass is 32.2. The van der Waals surface area contributed by atoms with Crippen molar-refractivity contribution in [2.45, 2.75) is 43.4 Å². The minimum atomic E-state index is -3.25. The molecule has 0 bridgehead atoms. The van der Waals surface area contributed by atoms with Gasteiger partial charge in [-0.25, -0.2) is 13.1 Å². The number of hydrogen-bond donors (Lipinski definition) is 2. The molecule has 2 saturated carbocycles. The highest BCUT2D eigenvalue weighted by Crippen LogP contribution is 2.36. The zero-order valence-electron chi connectivity index (χ0n) is 8.35. The maximum Gasteiger partial charge on any atom is 0.304 e. The number of carbonyl (C=O) groups is 1. The Labute approximate surface area is 88.9 Å². The predicted molar refractivity (Wildman–Crippen MR) is 53.8 cm³/mol. The molecule has 2 rings (SSSR count). The Morgan fingerprint density at radius 2 is 1.93 bits per heavy atom. The van der Waals surface area contributed by atoms with Crippen molar-refractivity contribution in [3.63, 3.8) is 0 Å². The number of carboxylic acid groups (broad SMARTS) is 1. The van der Waals surface area contributed by atoms with Gasteiger partial charge < -0.3 is 5.11 Å². The Balaban J connectivity index is 1.96. The van der Waals surface area contributed by atoms with E-state index in [4.69, 9.17) is 5.11 Å². The predicted octanol–water partition coefficient (Wildman–Crippen LogP) is 0.322. The van der Waals surface area contributed by atoms with Crippen molar-refractivity contribution >= 4 is 16.0 Å². The van der Waals surface area contributed by atoms with Gasteiger partial charge in [0.05, 0.1) is 11.7 Å². The number of aliphatic carboxylic acids is 1. The van der Waals surface area contributed by atoms with Gasteiger partial charge in [-0.15, -0.1) is 0 Å². The second-order valence-corrected chi connectivity index (χ2v) is 6.40. The zero-order valence-corrected chi connectivity index (χ0v) is 9.16. The van der Waals surface area contributed by atoms with Crippen LogP contribution < -0.4 is 4.72 Å². The van der Waals surface area contributed by atoms with Crippen LogP contribution in [-0.4, -0.2) is 30.8 Å². The van der Waals surface area contributed by atoms with Gasteiger partial charge in [-0.3, -0.25) is 4.79 Å². The van der Waals surface area contributed by atoms with E-state index in [0.717, 1.165) is 12.8 Å². The lowest BCUT2D eigenvalue weighted by atomic mass is 10.1. The Kier molecular flexibility index (Phi) is 2.72. The SMILES string of the molecule is O=C(O)CC(NS(=O)(=O)C1CC1)C1CC1. The van der Waals surface area contributed by atoms with Crippen molar-refractivity contribution in [3.05, 3.63) is 0 Å². The van der Waals surface area contributed by atoms with Gasteiger partial charge >= 0.3 is 5.97 Å². The number of carboxylic acids is 1. The summed E-state index contributed by atoms with van der Waals surface area (Å²) in [6.45, 7) is 0. The zero-order chi connectivity index (χ0) is 11.1. The maximum atomic E-state index is 11.6. The van der Waals surface area contributed by atoms with Crippen LogP contribution in [0.3, 0.4) is 0 Å².